The largest absolute Gasteiger partial charge is 0.0622 e. The summed E-state index contributed by atoms with van der Waals surface area (Å²) in [5.41, 5.74) is 4.74. The summed E-state index contributed by atoms with van der Waals surface area (Å²) >= 11 is 0. The van der Waals surface area contributed by atoms with Crippen LogP contribution in [0.3, 0.4) is 0 Å². The molecule has 0 amide bonds. The molecule has 3 rings (SSSR count). The van der Waals surface area contributed by atoms with Crippen molar-refractivity contribution in [1.29, 1.82) is 0 Å². The van der Waals surface area contributed by atoms with E-state index in [4.69, 9.17) is 0 Å². The third-order valence-corrected chi connectivity index (χ3v) is 3.52. The van der Waals surface area contributed by atoms with Gasteiger partial charge in [0.05, 0.1) is 0 Å². The van der Waals surface area contributed by atoms with Crippen molar-refractivity contribution in [1.82, 2.24) is 0 Å². The summed E-state index contributed by atoms with van der Waals surface area (Å²) in [4.78, 5) is 0. The zero-order chi connectivity index (χ0) is 20.3. The highest BCUT2D eigenvalue weighted by atomic mass is 14.2. The molecule has 0 aromatic heterocycles. The first kappa shape index (κ1) is 22.7. The molecule has 3 aromatic carbocycles. The van der Waals surface area contributed by atoms with Gasteiger partial charge in [-0.3, -0.25) is 0 Å². The molecule has 144 valence electrons. The fourth-order valence-electron chi connectivity index (χ4n) is 2.20. The Labute approximate surface area is 167 Å². The molecule has 27 heavy (non-hydrogen) atoms. The fourth-order valence-corrected chi connectivity index (χ4v) is 2.20. The lowest BCUT2D eigenvalue weighted by Gasteiger charge is -2.18. The zero-order valence-corrected chi connectivity index (χ0v) is 18.2. The van der Waals surface area contributed by atoms with E-state index in [1.54, 1.807) is 0 Å². The van der Waals surface area contributed by atoms with Crippen LogP contribution in [0.2, 0.25) is 0 Å². The van der Waals surface area contributed by atoms with E-state index in [9.17, 15) is 0 Å². The number of benzene rings is 3. The Hall–Kier alpha value is -2.34. The summed E-state index contributed by atoms with van der Waals surface area (Å²) in [6, 6.07) is 31.3. The monoisotopic (exact) mass is 360 g/mol. The molecule has 0 nitrogen and oxygen atoms in total. The van der Waals surface area contributed by atoms with Gasteiger partial charge in [0.15, 0.2) is 0 Å². The molecule has 0 fully saturated rings. The molecule has 0 heteroatoms. The average Bonchev–Trinajstić information content (AvgIpc) is 2.62. The molecule has 0 radical (unpaired) electrons. The van der Waals surface area contributed by atoms with Crippen molar-refractivity contribution in [2.45, 2.75) is 53.9 Å². The van der Waals surface area contributed by atoms with Gasteiger partial charge in [-0.15, -0.1) is 0 Å². The number of rotatable bonds is 1. The standard InChI is InChI=1S/C12H10.C10H14.C5H12/c1-3-7-11(8-4-1)12-9-5-2-6-10-12;1-10(2,3)9-7-5-4-6-8-9;1-5(2,3)4/h1-10H;4-8H,1-3H3;1-4H3. The second-order valence-corrected chi connectivity index (χ2v) is 9.35. The van der Waals surface area contributed by atoms with E-state index in [1.807, 2.05) is 12.1 Å². The third-order valence-electron chi connectivity index (χ3n) is 3.52. The van der Waals surface area contributed by atoms with Crippen molar-refractivity contribution < 1.29 is 0 Å². The lowest BCUT2D eigenvalue weighted by Crippen LogP contribution is -2.10. The zero-order valence-electron chi connectivity index (χ0n) is 18.2. The van der Waals surface area contributed by atoms with Gasteiger partial charge in [-0.25, -0.2) is 0 Å². The minimum atomic E-state index is 0.293. The topological polar surface area (TPSA) is 0 Å². The second kappa shape index (κ2) is 10.7. The highest BCUT2D eigenvalue weighted by Crippen LogP contribution is 2.20. The Morgan fingerprint density at radius 2 is 0.667 bits per heavy atom. The second-order valence-electron chi connectivity index (χ2n) is 9.35. The van der Waals surface area contributed by atoms with Crippen molar-refractivity contribution >= 4 is 0 Å². The molecule has 0 aliphatic rings. The maximum Gasteiger partial charge on any atom is -0.0132 e. The number of hydrogen-bond acceptors (Lipinski definition) is 0. The van der Waals surface area contributed by atoms with Gasteiger partial charge in [0.25, 0.3) is 0 Å². The van der Waals surface area contributed by atoms with Crippen LogP contribution in [-0.4, -0.2) is 0 Å². The van der Waals surface area contributed by atoms with Crippen molar-refractivity contribution in [3.8, 4) is 11.1 Å². The van der Waals surface area contributed by atoms with Crippen molar-refractivity contribution in [2.75, 3.05) is 0 Å². The summed E-state index contributed by atoms with van der Waals surface area (Å²) in [6.45, 7) is 15.4. The predicted octanol–water partition coefficient (Wildman–Crippen LogP) is 8.39. The molecule has 0 saturated heterocycles. The molecule has 0 spiro atoms. The van der Waals surface area contributed by atoms with Crippen LogP contribution in [-0.2, 0) is 5.41 Å². The maximum atomic E-state index is 2.22. The third kappa shape index (κ3) is 11.1. The minimum absolute atomic E-state index is 0.293. The van der Waals surface area contributed by atoms with Gasteiger partial charge in [0.1, 0.15) is 0 Å². The highest BCUT2D eigenvalue weighted by Gasteiger charge is 2.11. The first-order chi connectivity index (χ1) is 12.6. The molecule has 0 saturated carbocycles. The van der Waals surface area contributed by atoms with E-state index in [2.05, 4.69) is 127 Å². The lowest BCUT2D eigenvalue weighted by atomic mass is 9.87. The summed E-state index contributed by atoms with van der Waals surface area (Å²) < 4.78 is 0. The highest BCUT2D eigenvalue weighted by molar-refractivity contribution is 5.62. The molecule has 0 bridgehead atoms. The summed E-state index contributed by atoms with van der Waals surface area (Å²) in [5.74, 6) is 0. The van der Waals surface area contributed by atoms with Crippen LogP contribution < -0.4 is 0 Å². The van der Waals surface area contributed by atoms with E-state index < -0.39 is 0 Å². The molecule has 0 unspecified atom stereocenters. The normalized spacial score (nSPS) is 10.8. The average molecular weight is 361 g/mol. The van der Waals surface area contributed by atoms with Crippen LogP contribution in [0.25, 0.3) is 11.1 Å². The van der Waals surface area contributed by atoms with E-state index in [0.29, 0.717) is 10.8 Å². The Bertz CT molecular complexity index is 683. The van der Waals surface area contributed by atoms with Crippen LogP contribution in [0.1, 0.15) is 54.0 Å². The van der Waals surface area contributed by atoms with Crippen molar-refractivity contribution in [3.63, 3.8) is 0 Å². The molecular weight excluding hydrogens is 324 g/mol. The van der Waals surface area contributed by atoms with Crippen LogP contribution >= 0.6 is 0 Å². The van der Waals surface area contributed by atoms with E-state index in [1.165, 1.54) is 16.7 Å². The van der Waals surface area contributed by atoms with Gasteiger partial charge in [-0.2, -0.15) is 0 Å². The molecule has 0 aliphatic heterocycles. The first-order valence-electron chi connectivity index (χ1n) is 9.73. The molecule has 0 aliphatic carbocycles. The van der Waals surface area contributed by atoms with Gasteiger partial charge in [-0.1, -0.05) is 139 Å². The van der Waals surface area contributed by atoms with Crippen molar-refractivity contribution in [3.05, 3.63) is 96.6 Å². The Morgan fingerprint density at radius 3 is 0.889 bits per heavy atom. The van der Waals surface area contributed by atoms with Crippen LogP contribution in [0.15, 0.2) is 91.0 Å². The van der Waals surface area contributed by atoms with Gasteiger partial charge in [0.2, 0.25) is 0 Å². The first-order valence-corrected chi connectivity index (χ1v) is 9.73. The van der Waals surface area contributed by atoms with Crippen LogP contribution in [0.5, 0.6) is 0 Å². The smallest absolute Gasteiger partial charge is 0.0132 e. The van der Waals surface area contributed by atoms with Gasteiger partial charge < -0.3 is 0 Å². The Morgan fingerprint density at radius 1 is 0.407 bits per heavy atom. The van der Waals surface area contributed by atoms with Gasteiger partial charge in [-0.05, 0) is 27.5 Å². The SMILES string of the molecule is CC(C)(C)C.CC(C)(C)c1ccccc1.c1ccc(-c2ccccc2)cc1. The summed E-state index contributed by atoms with van der Waals surface area (Å²) in [7, 11) is 0. The fraction of sp³-hybridized carbons (Fsp3) is 0.333. The molecular formula is C27H36. The van der Waals surface area contributed by atoms with Gasteiger partial charge in [0, 0.05) is 0 Å². The van der Waals surface area contributed by atoms with E-state index in [0.717, 1.165) is 0 Å². The van der Waals surface area contributed by atoms with Crippen molar-refractivity contribution in [2.24, 2.45) is 5.41 Å². The quantitative estimate of drug-likeness (QED) is 0.408. The maximum absolute atomic E-state index is 2.22. The summed E-state index contributed by atoms with van der Waals surface area (Å²) in [6.07, 6.45) is 0. The van der Waals surface area contributed by atoms with Gasteiger partial charge >= 0.3 is 0 Å². The Kier molecular flexibility index (Phi) is 9.02. The number of hydrogen-bond donors (Lipinski definition) is 0. The van der Waals surface area contributed by atoms with Crippen LogP contribution in [0.4, 0.5) is 0 Å². The Balaban J connectivity index is 0.000000221. The van der Waals surface area contributed by atoms with Crippen LogP contribution in [0, 0.1) is 5.41 Å². The summed E-state index contributed by atoms with van der Waals surface area (Å²) in [5, 5.41) is 0. The minimum Gasteiger partial charge on any atom is -0.0622 e. The molecule has 0 N–H and O–H groups in total. The predicted molar refractivity (Wildman–Crippen MR) is 122 cm³/mol. The molecule has 0 atom stereocenters. The van der Waals surface area contributed by atoms with E-state index in [-0.39, 0.29) is 0 Å². The molecule has 0 heterocycles. The van der Waals surface area contributed by atoms with E-state index >= 15 is 0 Å². The lowest BCUT2D eigenvalue weighted by molar-refractivity contribution is 0.469. The molecule has 3 aromatic rings.